The predicted octanol–water partition coefficient (Wildman–Crippen LogP) is 3.78. The zero-order chi connectivity index (χ0) is 18.3. The first-order valence-corrected chi connectivity index (χ1v) is 9.69. The first-order valence-electron chi connectivity index (χ1n) is 8.88. The van der Waals surface area contributed by atoms with Gasteiger partial charge in [-0.2, -0.15) is 0 Å². The maximum atomic E-state index is 12.9. The molecule has 1 N–H and O–H groups in total. The Balaban J connectivity index is 1.70. The SMILES string of the molecule is Cc1sc2nc(CN(C(=O)c3ccco3)C3CCCC3)[nH]c(=O)c2c1C. The second-order valence-corrected chi connectivity index (χ2v) is 8.03. The van der Waals surface area contributed by atoms with E-state index in [-0.39, 0.29) is 24.1 Å². The third-order valence-corrected chi connectivity index (χ3v) is 6.27. The number of rotatable bonds is 4. The first-order chi connectivity index (χ1) is 12.5. The lowest BCUT2D eigenvalue weighted by atomic mass is 10.2. The van der Waals surface area contributed by atoms with E-state index in [1.165, 1.54) is 17.6 Å². The average Bonchev–Trinajstić information content (AvgIpc) is 3.35. The molecule has 3 aromatic heterocycles. The Labute approximate surface area is 154 Å². The van der Waals surface area contributed by atoms with Crippen molar-refractivity contribution in [2.75, 3.05) is 0 Å². The summed E-state index contributed by atoms with van der Waals surface area (Å²) in [5.74, 6) is 0.696. The van der Waals surface area contributed by atoms with Crippen LogP contribution in [0, 0.1) is 13.8 Å². The van der Waals surface area contributed by atoms with Gasteiger partial charge in [-0.15, -0.1) is 11.3 Å². The number of amides is 1. The highest BCUT2D eigenvalue weighted by Crippen LogP contribution is 2.28. The van der Waals surface area contributed by atoms with Crippen molar-refractivity contribution < 1.29 is 9.21 Å². The summed E-state index contributed by atoms with van der Waals surface area (Å²) in [6.45, 7) is 4.22. The Hall–Kier alpha value is -2.41. The second-order valence-electron chi connectivity index (χ2n) is 6.82. The number of nitrogens with one attached hydrogen (secondary N) is 1. The molecule has 1 saturated carbocycles. The maximum Gasteiger partial charge on any atom is 0.290 e. The largest absolute Gasteiger partial charge is 0.459 e. The lowest BCUT2D eigenvalue weighted by molar-refractivity contribution is 0.0626. The molecule has 1 aliphatic rings. The first kappa shape index (κ1) is 17.0. The van der Waals surface area contributed by atoms with Gasteiger partial charge < -0.3 is 14.3 Å². The standard InChI is InChI=1S/C19H21N3O3S/c1-11-12(2)26-18-16(11)17(23)20-15(21-18)10-22(13-6-3-4-7-13)19(24)14-8-5-9-25-14/h5,8-9,13H,3-4,6-7,10H2,1-2H3,(H,20,21,23). The number of aromatic nitrogens is 2. The molecule has 0 unspecified atom stereocenters. The molecular weight excluding hydrogens is 350 g/mol. The smallest absolute Gasteiger partial charge is 0.290 e. The van der Waals surface area contributed by atoms with Crippen LogP contribution in [0.5, 0.6) is 0 Å². The van der Waals surface area contributed by atoms with Crippen molar-refractivity contribution in [2.24, 2.45) is 0 Å². The van der Waals surface area contributed by atoms with Crippen LogP contribution in [0.15, 0.2) is 27.6 Å². The molecule has 4 rings (SSSR count). The number of thiophene rings is 1. The minimum absolute atomic E-state index is 0.135. The summed E-state index contributed by atoms with van der Waals surface area (Å²) in [5.41, 5.74) is 0.841. The fourth-order valence-corrected chi connectivity index (χ4v) is 4.71. The van der Waals surface area contributed by atoms with Crippen molar-refractivity contribution >= 4 is 27.5 Å². The van der Waals surface area contributed by atoms with E-state index in [1.807, 2.05) is 13.8 Å². The monoisotopic (exact) mass is 371 g/mol. The summed E-state index contributed by atoms with van der Waals surface area (Å²) in [6, 6.07) is 3.54. The molecule has 1 amide bonds. The van der Waals surface area contributed by atoms with Gasteiger partial charge in [0.05, 0.1) is 18.2 Å². The number of fused-ring (bicyclic) bond motifs is 1. The van der Waals surface area contributed by atoms with Gasteiger partial charge in [0.1, 0.15) is 10.7 Å². The topological polar surface area (TPSA) is 79.2 Å². The molecule has 136 valence electrons. The van der Waals surface area contributed by atoms with Crippen LogP contribution in [-0.2, 0) is 6.54 Å². The van der Waals surface area contributed by atoms with Gasteiger partial charge in [0.25, 0.3) is 11.5 Å². The minimum Gasteiger partial charge on any atom is -0.459 e. The predicted molar refractivity (Wildman–Crippen MR) is 101 cm³/mol. The van der Waals surface area contributed by atoms with E-state index < -0.39 is 0 Å². The third kappa shape index (κ3) is 2.96. The number of hydrogen-bond donors (Lipinski definition) is 1. The molecule has 7 heteroatoms. The Morgan fingerprint density at radius 3 is 2.85 bits per heavy atom. The molecule has 0 aromatic carbocycles. The van der Waals surface area contributed by atoms with Gasteiger partial charge in [0, 0.05) is 10.9 Å². The van der Waals surface area contributed by atoms with Crippen molar-refractivity contribution in [3.63, 3.8) is 0 Å². The number of carbonyl (C=O) groups excluding carboxylic acids is 1. The van der Waals surface area contributed by atoms with Crippen LogP contribution in [0.4, 0.5) is 0 Å². The molecule has 3 heterocycles. The van der Waals surface area contributed by atoms with Gasteiger partial charge in [-0.05, 0) is 44.4 Å². The summed E-state index contributed by atoms with van der Waals surface area (Å²) in [5, 5.41) is 0.654. The Morgan fingerprint density at radius 2 is 2.15 bits per heavy atom. The molecule has 1 fully saturated rings. The van der Waals surface area contributed by atoms with Crippen LogP contribution >= 0.6 is 11.3 Å². The van der Waals surface area contributed by atoms with Crippen molar-refractivity contribution in [2.45, 2.75) is 52.1 Å². The number of aryl methyl sites for hydroxylation is 2. The van der Waals surface area contributed by atoms with Gasteiger partial charge in [-0.3, -0.25) is 9.59 Å². The molecule has 0 bridgehead atoms. The Kier molecular flexibility index (Phi) is 4.40. The highest BCUT2D eigenvalue weighted by atomic mass is 32.1. The number of carbonyl (C=O) groups is 1. The lowest BCUT2D eigenvalue weighted by Crippen LogP contribution is -2.39. The summed E-state index contributed by atoms with van der Waals surface area (Å²) in [4.78, 5) is 36.6. The highest BCUT2D eigenvalue weighted by Gasteiger charge is 2.29. The van der Waals surface area contributed by atoms with E-state index in [9.17, 15) is 9.59 Å². The Bertz CT molecular complexity index is 997. The number of nitrogens with zero attached hydrogens (tertiary/aromatic N) is 2. The molecule has 0 spiro atoms. The molecule has 1 aliphatic carbocycles. The van der Waals surface area contributed by atoms with Crippen molar-refractivity contribution in [3.8, 4) is 0 Å². The maximum absolute atomic E-state index is 12.9. The van der Waals surface area contributed by atoms with E-state index >= 15 is 0 Å². The summed E-state index contributed by atoms with van der Waals surface area (Å²) in [6.07, 6.45) is 5.66. The van der Waals surface area contributed by atoms with Crippen LogP contribution < -0.4 is 5.56 Å². The molecule has 0 aliphatic heterocycles. The van der Waals surface area contributed by atoms with E-state index in [2.05, 4.69) is 9.97 Å². The average molecular weight is 371 g/mol. The molecular formula is C19H21N3O3S. The van der Waals surface area contributed by atoms with Gasteiger partial charge in [-0.1, -0.05) is 12.8 Å². The zero-order valence-electron chi connectivity index (χ0n) is 14.9. The van der Waals surface area contributed by atoms with E-state index in [4.69, 9.17) is 4.42 Å². The number of hydrogen-bond acceptors (Lipinski definition) is 5. The van der Waals surface area contributed by atoms with Crippen molar-refractivity contribution in [1.82, 2.24) is 14.9 Å². The highest BCUT2D eigenvalue weighted by molar-refractivity contribution is 7.18. The minimum atomic E-state index is -0.150. The van der Waals surface area contributed by atoms with Gasteiger partial charge in [0.2, 0.25) is 0 Å². The van der Waals surface area contributed by atoms with E-state index in [1.54, 1.807) is 17.0 Å². The Morgan fingerprint density at radius 1 is 1.38 bits per heavy atom. The molecule has 6 nitrogen and oxygen atoms in total. The lowest BCUT2D eigenvalue weighted by Gasteiger charge is -2.27. The zero-order valence-corrected chi connectivity index (χ0v) is 15.7. The third-order valence-electron chi connectivity index (χ3n) is 5.17. The number of aromatic amines is 1. The van der Waals surface area contributed by atoms with Crippen molar-refractivity contribution in [1.29, 1.82) is 0 Å². The molecule has 26 heavy (non-hydrogen) atoms. The quantitative estimate of drug-likeness (QED) is 0.757. The summed E-state index contributed by atoms with van der Waals surface area (Å²) < 4.78 is 5.31. The fraction of sp³-hybridized carbons (Fsp3) is 0.421. The molecule has 0 atom stereocenters. The van der Waals surface area contributed by atoms with E-state index in [0.717, 1.165) is 41.0 Å². The summed E-state index contributed by atoms with van der Waals surface area (Å²) in [7, 11) is 0. The summed E-state index contributed by atoms with van der Waals surface area (Å²) >= 11 is 1.52. The van der Waals surface area contributed by atoms with Crippen LogP contribution in [0.1, 0.15) is 52.5 Å². The van der Waals surface area contributed by atoms with Crippen LogP contribution in [0.2, 0.25) is 0 Å². The van der Waals surface area contributed by atoms with Crippen LogP contribution in [-0.4, -0.2) is 26.8 Å². The second kappa shape index (κ2) is 6.72. The number of furan rings is 1. The molecule has 3 aromatic rings. The van der Waals surface area contributed by atoms with Crippen LogP contribution in [0.3, 0.4) is 0 Å². The normalized spacial score (nSPS) is 15.0. The van der Waals surface area contributed by atoms with Gasteiger partial charge in [-0.25, -0.2) is 4.98 Å². The van der Waals surface area contributed by atoms with Crippen molar-refractivity contribution in [3.05, 3.63) is 50.8 Å². The van der Waals surface area contributed by atoms with E-state index in [0.29, 0.717) is 17.0 Å². The van der Waals surface area contributed by atoms with Crippen LogP contribution in [0.25, 0.3) is 10.2 Å². The fourth-order valence-electron chi connectivity index (χ4n) is 3.66. The number of H-pyrrole nitrogens is 1. The molecule has 0 saturated heterocycles. The molecule has 0 radical (unpaired) electrons. The van der Waals surface area contributed by atoms with Gasteiger partial charge in [0.15, 0.2) is 5.76 Å². The van der Waals surface area contributed by atoms with Gasteiger partial charge >= 0.3 is 0 Å².